The average molecular weight is 324 g/mol. The molecule has 1 aromatic carbocycles. The van der Waals surface area contributed by atoms with Crippen molar-refractivity contribution in [2.24, 2.45) is 0 Å². The summed E-state index contributed by atoms with van der Waals surface area (Å²) in [6, 6.07) is 5.41. The number of nitrogens with one attached hydrogen (secondary N) is 2. The number of rotatable bonds is 3. The highest BCUT2D eigenvalue weighted by molar-refractivity contribution is 9.10. The Morgan fingerprint density at radius 3 is 3.11 bits per heavy atom. The summed E-state index contributed by atoms with van der Waals surface area (Å²) in [4.78, 5) is 7.56. The molecule has 1 saturated heterocycles. The zero-order valence-electron chi connectivity index (χ0n) is 10.4. The van der Waals surface area contributed by atoms with Gasteiger partial charge in [0.15, 0.2) is 0 Å². The van der Waals surface area contributed by atoms with Gasteiger partial charge in [-0.05, 0) is 37.6 Å². The van der Waals surface area contributed by atoms with Gasteiger partial charge in [0.05, 0.1) is 11.9 Å². The molecule has 2 N–H and O–H groups in total. The molecule has 19 heavy (non-hydrogen) atoms. The molecule has 0 radical (unpaired) electrons. The molecule has 0 aliphatic carbocycles. The highest BCUT2D eigenvalue weighted by Crippen LogP contribution is 2.25. The summed E-state index contributed by atoms with van der Waals surface area (Å²) in [6.45, 7) is 1.08. The Morgan fingerprint density at radius 2 is 2.32 bits per heavy atom. The van der Waals surface area contributed by atoms with Crippen molar-refractivity contribution < 1.29 is 4.39 Å². The molecule has 1 fully saturated rings. The van der Waals surface area contributed by atoms with Gasteiger partial charge in [0.2, 0.25) is 0 Å². The Balaban J connectivity index is 1.82. The van der Waals surface area contributed by atoms with Crippen LogP contribution in [0.15, 0.2) is 28.9 Å². The van der Waals surface area contributed by atoms with Crippen LogP contribution in [0.4, 0.5) is 4.39 Å². The molecule has 1 aromatic heterocycles. The van der Waals surface area contributed by atoms with E-state index in [-0.39, 0.29) is 5.82 Å². The molecule has 0 amide bonds. The number of aromatic amines is 1. The van der Waals surface area contributed by atoms with Crippen molar-refractivity contribution in [2.45, 2.75) is 25.3 Å². The lowest BCUT2D eigenvalue weighted by atomic mass is 10.1. The molecule has 0 bridgehead atoms. The Bertz CT molecular complexity index is 576. The summed E-state index contributed by atoms with van der Waals surface area (Å²) < 4.78 is 14.6. The van der Waals surface area contributed by atoms with Crippen LogP contribution in [0, 0.1) is 5.82 Å². The van der Waals surface area contributed by atoms with Crippen LogP contribution in [0.25, 0.3) is 11.3 Å². The lowest BCUT2D eigenvalue weighted by Crippen LogP contribution is -2.24. The van der Waals surface area contributed by atoms with Gasteiger partial charge in [-0.25, -0.2) is 9.37 Å². The second kappa shape index (κ2) is 5.43. The first kappa shape index (κ1) is 12.8. The molecule has 1 aliphatic rings. The summed E-state index contributed by atoms with van der Waals surface area (Å²) in [5.41, 5.74) is 1.28. The quantitative estimate of drug-likeness (QED) is 0.910. The number of hydrogen-bond donors (Lipinski definition) is 2. The second-order valence-corrected chi connectivity index (χ2v) is 5.78. The lowest BCUT2D eigenvalue weighted by Gasteiger charge is -2.07. The van der Waals surface area contributed by atoms with Crippen LogP contribution < -0.4 is 5.32 Å². The Kier molecular flexibility index (Phi) is 3.66. The predicted molar refractivity (Wildman–Crippen MR) is 76.4 cm³/mol. The third-order valence-corrected chi connectivity index (χ3v) is 3.94. The monoisotopic (exact) mass is 323 g/mol. The van der Waals surface area contributed by atoms with Crippen LogP contribution in [-0.2, 0) is 6.42 Å². The number of imidazole rings is 1. The van der Waals surface area contributed by atoms with E-state index in [1.165, 1.54) is 18.9 Å². The van der Waals surface area contributed by atoms with E-state index in [9.17, 15) is 4.39 Å². The predicted octanol–water partition coefficient (Wildman–Crippen LogP) is 3.27. The molecule has 2 heterocycles. The van der Waals surface area contributed by atoms with Gasteiger partial charge in [0.1, 0.15) is 11.6 Å². The molecule has 0 spiro atoms. The maximum absolute atomic E-state index is 13.8. The SMILES string of the molecule is Fc1ccc(Br)cc1-c1cnc(CC2CCCN2)[nH]1. The molecule has 3 nitrogen and oxygen atoms in total. The molecule has 2 aromatic rings. The van der Waals surface area contributed by atoms with Crippen molar-refractivity contribution in [1.29, 1.82) is 0 Å². The minimum Gasteiger partial charge on any atom is -0.342 e. The molecule has 1 unspecified atom stereocenters. The van der Waals surface area contributed by atoms with Crippen molar-refractivity contribution in [2.75, 3.05) is 6.54 Å². The minimum atomic E-state index is -0.239. The van der Waals surface area contributed by atoms with E-state index in [4.69, 9.17) is 0 Å². The van der Waals surface area contributed by atoms with Gasteiger partial charge in [-0.15, -0.1) is 0 Å². The highest BCUT2D eigenvalue weighted by Gasteiger charge is 2.16. The molecule has 1 atom stereocenters. The van der Waals surface area contributed by atoms with Crippen LogP contribution >= 0.6 is 15.9 Å². The largest absolute Gasteiger partial charge is 0.342 e. The van der Waals surface area contributed by atoms with Gasteiger partial charge in [-0.3, -0.25) is 0 Å². The van der Waals surface area contributed by atoms with Gasteiger partial charge in [-0.2, -0.15) is 0 Å². The number of hydrogen-bond acceptors (Lipinski definition) is 2. The highest BCUT2D eigenvalue weighted by atomic mass is 79.9. The summed E-state index contributed by atoms with van der Waals surface area (Å²) in [5, 5.41) is 3.43. The molecule has 1 aliphatic heterocycles. The van der Waals surface area contributed by atoms with Crippen LogP contribution in [0.2, 0.25) is 0 Å². The van der Waals surface area contributed by atoms with E-state index in [1.807, 2.05) is 0 Å². The first-order valence-electron chi connectivity index (χ1n) is 6.45. The van der Waals surface area contributed by atoms with Crippen LogP contribution in [0.3, 0.4) is 0 Å². The van der Waals surface area contributed by atoms with Gasteiger partial charge < -0.3 is 10.3 Å². The Hall–Kier alpha value is -1.20. The standard InChI is InChI=1S/C14H15BrFN3/c15-9-3-4-12(16)11(6-9)13-8-18-14(19-13)7-10-2-1-5-17-10/h3-4,6,8,10,17H,1-2,5,7H2,(H,18,19). The zero-order valence-corrected chi connectivity index (χ0v) is 12.0. The third-order valence-electron chi connectivity index (χ3n) is 3.45. The van der Waals surface area contributed by atoms with Gasteiger partial charge in [-0.1, -0.05) is 15.9 Å². The fraction of sp³-hybridized carbons (Fsp3) is 0.357. The van der Waals surface area contributed by atoms with E-state index < -0.39 is 0 Å². The Labute approximate surface area is 119 Å². The average Bonchev–Trinajstić information content (AvgIpc) is 3.04. The first-order chi connectivity index (χ1) is 9.22. The summed E-state index contributed by atoms with van der Waals surface area (Å²) in [7, 11) is 0. The molecule has 100 valence electrons. The number of nitrogens with zero attached hydrogens (tertiary/aromatic N) is 1. The molecule has 5 heteroatoms. The Morgan fingerprint density at radius 1 is 1.42 bits per heavy atom. The van der Waals surface area contributed by atoms with E-state index in [2.05, 4.69) is 31.2 Å². The van der Waals surface area contributed by atoms with E-state index in [0.717, 1.165) is 29.0 Å². The molecule has 0 saturated carbocycles. The van der Waals surface area contributed by atoms with Gasteiger partial charge in [0.25, 0.3) is 0 Å². The van der Waals surface area contributed by atoms with Gasteiger partial charge in [0, 0.05) is 22.5 Å². The van der Waals surface area contributed by atoms with E-state index >= 15 is 0 Å². The summed E-state index contributed by atoms with van der Waals surface area (Å²) in [6.07, 6.45) is 4.98. The minimum absolute atomic E-state index is 0.239. The van der Waals surface area contributed by atoms with E-state index in [0.29, 0.717) is 11.6 Å². The van der Waals surface area contributed by atoms with Crippen LogP contribution in [-0.4, -0.2) is 22.6 Å². The second-order valence-electron chi connectivity index (χ2n) is 4.87. The lowest BCUT2D eigenvalue weighted by molar-refractivity contribution is 0.588. The first-order valence-corrected chi connectivity index (χ1v) is 7.24. The molecule has 3 rings (SSSR count). The normalized spacial score (nSPS) is 18.9. The fourth-order valence-corrected chi connectivity index (χ4v) is 2.83. The van der Waals surface area contributed by atoms with Crippen molar-refractivity contribution in [3.8, 4) is 11.3 Å². The maximum Gasteiger partial charge on any atom is 0.132 e. The van der Waals surface area contributed by atoms with Crippen molar-refractivity contribution in [3.05, 3.63) is 40.5 Å². The third kappa shape index (κ3) is 2.87. The van der Waals surface area contributed by atoms with Gasteiger partial charge >= 0.3 is 0 Å². The van der Waals surface area contributed by atoms with Crippen LogP contribution in [0.5, 0.6) is 0 Å². The smallest absolute Gasteiger partial charge is 0.132 e. The number of H-pyrrole nitrogens is 1. The van der Waals surface area contributed by atoms with E-state index in [1.54, 1.807) is 18.3 Å². The zero-order chi connectivity index (χ0) is 13.2. The fourth-order valence-electron chi connectivity index (χ4n) is 2.47. The number of benzene rings is 1. The van der Waals surface area contributed by atoms with Crippen molar-refractivity contribution in [1.82, 2.24) is 15.3 Å². The topological polar surface area (TPSA) is 40.7 Å². The maximum atomic E-state index is 13.8. The van der Waals surface area contributed by atoms with Crippen molar-refractivity contribution >= 4 is 15.9 Å². The van der Waals surface area contributed by atoms with Crippen LogP contribution in [0.1, 0.15) is 18.7 Å². The molecular formula is C14H15BrFN3. The number of halogens is 2. The van der Waals surface area contributed by atoms with Crippen molar-refractivity contribution in [3.63, 3.8) is 0 Å². The summed E-state index contributed by atoms with van der Waals surface area (Å²) in [5.74, 6) is 0.672. The summed E-state index contributed by atoms with van der Waals surface area (Å²) >= 11 is 3.36. The number of aromatic nitrogens is 2. The molecular weight excluding hydrogens is 309 g/mol.